The van der Waals surface area contributed by atoms with Crippen molar-refractivity contribution in [3.05, 3.63) is 145 Å². The first-order chi connectivity index (χ1) is 26.5. The largest absolute Gasteiger partial charge is 0.497 e. The van der Waals surface area contributed by atoms with E-state index in [0.717, 1.165) is 63.7 Å². The van der Waals surface area contributed by atoms with Crippen molar-refractivity contribution in [2.75, 3.05) is 28.4 Å². The van der Waals surface area contributed by atoms with Crippen LogP contribution < -0.4 is 18.9 Å². The summed E-state index contributed by atoms with van der Waals surface area (Å²) in [4.78, 5) is 0. The smallest absolute Gasteiger partial charge is 0.118 e. The van der Waals surface area contributed by atoms with E-state index in [0.29, 0.717) is 0 Å². The average molecular weight is 709 g/mol. The van der Waals surface area contributed by atoms with Crippen molar-refractivity contribution in [2.45, 2.75) is 26.7 Å². The molecule has 0 aromatic heterocycles. The van der Waals surface area contributed by atoms with Crippen LogP contribution in [0.5, 0.6) is 23.0 Å². The molecule has 0 bridgehead atoms. The molecule has 268 valence electrons. The van der Waals surface area contributed by atoms with Gasteiger partial charge in [0.1, 0.15) is 23.0 Å². The number of methoxy groups -OCH3 is 4. The van der Waals surface area contributed by atoms with Gasteiger partial charge in [-0.05, 0) is 155 Å². The van der Waals surface area contributed by atoms with Gasteiger partial charge in [-0.3, -0.25) is 0 Å². The van der Waals surface area contributed by atoms with Crippen LogP contribution in [0.25, 0.3) is 76.8 Å². The van der Waals surface area contributed by atoms with Crippen LogP contribution in [0.3, 0.4) is 0 Å². The molecule has 0 amide bonds. The van der Waals surface area contributed by atoms with E-state index in [2.05, 4.69) is 135 Å². The Hall–Kier alpha value is -6.26. The first kappa shape index (κ1) is 34.8. The van der Waals surface area contributed by atoms with Gasteiger partial charge in [-0.15, -0.1) is 0 Å². The Morgan fingerprint density at radius 3 is 1.31 bits per heavy atom. The van der Waals surface area contributed by atoms with Gasteiger partial charge in [-0.25, -0.2) is 0 Å². The van der Waals surface area contributed by atoms with E-state index >= 15 is 0 Å². The molecule has 0 N–H and O–H groups in total. The van der Waals surface area contributed by atoms with Gasteiger partial charge >= 0.3 is 0 Å². The zero-order chi connectivity index (χ0) is 37.3. The van der Waals surface area contributed by atoms with E-state index in [-0.39, 0.29) is 0 Å². The highest BCUT2D eigenvalue weighted by molar-refractivity contribution is 6.28. The van der Waals surface area contributed by atoms with Gasteiger partial charge in [0.2, 0.25) is 0 Å². The van der Waals surface area contributed by atoms with Crippen LogP contribution in [0.2, 0.25) is 0 Å². The van der Waals surface area contributed by atoms with Crippen molar-refractivity contribution in [2.24, 2.45) is 0 Å². The lowest BCUT2D eigenvalue weighted by Crippen LogP contribution is -1.99. The van der Waals surface area contributed by atoms with Crippen LogP contribution in [-0.4, -0.2) is 28.4 Å². The lowest BCUT2D eigenvalue weighted by molar-refractivity contribution is 0.414. The Bertz CT molecular complexity index is 2620. The van der Waals surface area contributed by atoms with Gasteiger partial charge in [0.15, 0.2) is 0 Å². The van der Waals surface area contributed by atoms with E-state index in [4.69, 9.17) is 18.9 Å². The second-order valence-corrected chi connectivity index (χ2v) is 13.6. The molecule has 0 aliphatic heterocycles. The predicted octanol–water partition coefficient (Wildman–Crippen LogP) is 13.0. The summed E-state index contributed by atoms with van der Waals surface area (Å²) in [6, 6.07) is 48.0. The Morgan fingerprint density at radius 2 is 0.833 bits per heavy atom. The molecule has 8 aromatic carbocycles. The van der Waals surface area contributed by atoms with Gasteiger partial charge in [0.25, 0.3) is 0 Å². The summed E-state index contributed by atoms with van der Waals surface area (Å²) in [6.45, 7) is 4.51. The number of fused-ring (bicyclic) bond motifs is 3. The molecule has 0 aliphatic carbocycles. The van der Waals surface area contributed by atoms with Crippen LogP contribution >= 0.6 is 0 Å². The fraction of sp³-hybridized carbons (Fsp3) is 0.160. The summed E-state index contributed by atoms with van der Waals surface area (Å²) in [5.41, 5.74) is 11.9. The topological polar surface area (TPSA) is 36.9 Å². The number of hydrogen-bond donors (Lipinski definition) is 0. The van der Waals surface area contributed by atoms with Crippen molar-refractivity contribution in [3.63, 3.8) is 0 Å². The first-order valence-electron chi connectivity index (χ1n) is 18.6. The fourth-order valence-corrected chi connectivity index (χ4v) is 8.10. The standard InChI is InChI=1S/C50H44O4/c1-7-31-9-10-36-30-45-41(8-2)43-28-27-42(32-11-19-37(51-3)20-12-32)46(33-13-21-38(52-4)22-14-33)49(43)48(35-17-25-40(54-6)26-18-35)50(45)47(44(36)29-31)34-15-23-39(53-5)24-16-34/h9-30H,7-8H2,1-6H3. The SMILES string of the molecule is CCc1ccc2cc3c(CC)c4ccc(-c5ccc(OC)cc5)c(-c5ccc(OC)cc5)c4c(-c4ccc(OC)cc4)c3c(-c3ccc(OC)cc3)c2c1. The normalized spacial score (nSPS) is 11.3. The van der Waals surface area contributed by atoms with Crippen molar-refractivity contribution in [3.8, 4) is 67.5 Å². The van der Waals surface area contributed by atoms with Gasteiger partial charge in [0, 0.05) is 0 Å². The van der Waals surface area contributed by atoms with Crippen LogP contribution in [0.4, 0.5) is 0 Å². The maximum absolute atomic E-state index is 5.69. The fourth-order valence-electron chi connectivity index (χ4n) is 8.10. The highest BCUT2D eigenvalue weighted by Gasteiger charge is 2.25. The highest BCUT2D eigenvalue weighted by Crippen LogP contribution is 2.51. The minimum absolute atomic E-state index is 0.819. The number of benzene rings is 8. The third-order valence-electron chi connectivity index (χ3n) is 10.9. The molecule has 0 fully saturated rings. The summed E-state index contributed by atoms with van der Waals surface area (Å²) in [5.74, 6) is 3.30. The summed E-state index contributed by atoms with van der Waals surface area (Å²) in [7, 11) is 6.86. The van der Waals surface area contributed by atoms with E-state index < -0.39 is 0 Å². The van der Waals surface area contributed by atoms with Crippen molar-refractivity contribution in [1.82, 2.24) is 0 Å². The van der Waals surface area contributed by atoms with E-state index in [9.17, 15) is 0 Å². The second kappa shape index (κ2) is 14.6. The minimum atomic E-state index is 0.819. The Balaban J connectivity index is 1.66. The maximum atomic E-state index is 5.69. The summed E-state index contributed by atoms with van der Waals surface area (Å²) in [5, 5.41) is 7.41. The zero-order valence-electron chi connectivity index (χ0n) is 31.7. The van der Waals surface area contributed by atoms with E-state index in [1.165, 1.54) is 60.1 Å². The quantitative estimate of drug-likeness (QED) is 0.133. The Morgan fingerprint density at radius 1 is 0.370 bits per heavy atom. The van der Waals surface area contributed by atoms with Gasteiger partial charge in [-0.1, -0.05) is 92.7 Å². The molecule has 4 nitrogen and oxygen atoms in total. The van der Waals surface area contributed by atoms with Crippen LogP contribution in [0.1, 0.15) is 25.0 Å². The molecule has 0 aliphatic rings. The molecule has 0 spiro atoms. The van der Waals surface area contributed by atoms with Crippen LogP contribution in [0.15, 0.2) is 133 Å². The molecule has 4 heteroatoms. The van der Waals surface area contributed by atoms with Crippen molar-refractivity contribution in [1.29, 1.82) is 0 Å². The average Bonchev–Trinajstić information content (AvgIpc) is 3.24. The summed E-state index contributed by atoms with van der Waals surface area (Å²) >= 11 is 0. The van der Waals surface area contributed by atoms with Crippen LogP contribution in [0, 0.1) is 0 Å². The molecule has 0 atom stereocenters. The third kappa shape index (κ3) is 5.98. The molecule has 0 saturated heterocycles. The number of aryl methyl sites for hydroxylation is 2. The summed E-state index contributed by atoms with van der Waals surface area (Å²) in [6.07, 6.45) is 1.81. The highest BCUT2D eigenvalue weighted by atomic mass is 16.5. The van der Waals surface area contributed by atoms with Crippen molar-refractivity contribution >= 4 is 32.3 Å². The monoisotopic (exact) mass is 708 g/mol. The van der Waals surface area contributed by atoms with Gasteiger partial charge < -0.3 is 18.9 Å². The Labute approximate surface area is 317 Å². The minimum Gasteiger partial charge on any atom is -0.497 e. The van der Waals surface area contributed by atoms with E-state index in [1.54, 1.807) is 28.4 Å². The van der Waals surface area contributed by atoms with Gasteiger partial charge in [0.05, 0.1) is 28.4 Å². The zero-order valence-corrected chi connectivity index (χ0v) is 31.7. The molecule has 0 saturated carbocycles. The molecule has 8 aromatic rings. The molecule has 0 radical (unpaired) electrons. The van der Waals surface area contributed by atoms with E-state index in [1.807, 2.05) is 12.1 Å². The molecule has 0 unspecified atom stereocenters. The maximum Gasteiger partial charge on any atom is 0.118 e. The number of hydrogen-bond acceptors (Lipinski definition) is 4. The molecular weight excluding hydrogens is 665 g/mol. The summed E-state index contributed by atoms with van der Waals surface area (Å²) < 4.78 is 22.6. The molecule has 8 rings (SSSR count). The molecule has 0 heterocycles. The lowest BCUT2D eigenvalue weighted by atomic mass is 9.78. The number of ether oxygens (including phenoxy) is 4. The third-order valence-corrected chi connectivity index (χ3v) is 10.9. The van der Waals surface area contributed by atoms with Crippen LogP contribution in [-0.2, 0) is 12.8 Å². The Kier molecular flexibility index (Phi) is 9.43. The van der Waals surface area contributed by atoms with Gasteiger partial charge in [-0.2, -0.15) is 0 Å². The van der Waals surface area contributed by atoms with Crippen molar-refractivity contribution < 1.29 is 18.9 Å². The first-order valence-corrected chi connectivity index (χ1v) is 18.6. The second-order valence-electron chi connectivity index (χ2n) is 13.6. The molecule has 54 heavy (non-hydrogen) atoms. The number of rotatable bonds is 10. The molecular formula is C50H44O4. The predicted molar refractivity (Wildman–Crippen MR) is 226 cm³/mol. The lowest BCUT2D eigenvalue weighted by Gasteiger charge is -2.25.